The zero-order valence-corrected chi connectivity index (χ0v) is 10.9. The second kappa shape index (κ2) is 23.9. The second-order valence-electron chi connectivity index (χ2n) is 2.57. The largest absolute Gasteiger partial charge is 0.466 e. The van der Waals surface area contributed by atoms with Gasteiger partial charge in [0.25, 0.3) is 0 Å². The van der Waals surface area contributed by atoms with Gasteiger partial charge in [-0.2, -0.15) is 0 Å². The van der Waals surface area contributed by atoms with Gasteiger partial charge in [-0.05, 0) is 20.3 Å². The van der Waals surface area contributed by atoms with Gasteiger partial charge in [-0.3, -0.25) is 4.79 Å². The summed E-state index contributed by atoms with van der Waals surface area (Å²) < 4.78 is 9.39. The van der Waals surface area contributed by atoms with Crippen molar-refractivity contribution in [1.82, 2.24) is 0 Å². The third kappa shape index (κ3) is 50.5. The van der Waals surface area contributed by atoms with E-state index >= 15 is 0 Å². The fourth-order valence-electron chi connectivity index (χ4n) is 0.450. The molecule has 0 spiro atoms. The van der Waals surface area contributed by atoms with Crippen LogP contribution in [0.1, 0.15) is 34.1 Å². The van der Waals surface area contributed by atoms with Crippen molar-refractivity contribution in [3.63, 3.8) is 0 Å². The van der Waals surface area contributed by atoms with Crippen LogP contribution in [0.4, 0.5) is 0 Å². The number of rotatable bonds is 5. The molecule has 0 amide bonds. The Morgan fingerprint density at radius 1 is 1.06 bits per heavy atom. The maximum Gasteiger partial charge on any atom is 0.302 e. The number of aliphatic hydroxyl groups excluding tert-OH is 2. The molecule has 0 unspecified atom stereocenters. The third-order valence-electron chi connectivity index (χ3n) is 1.02. The Labute approximate surface area is 98.4 Å². The molecule has 0 aromatic heterocycles. The summed E-state index contributed by atoms with van der Waals surface area (Å²) in [6.07, 6.45) is 0.902. The molecule has 0 aliphatic rings. The van der Waals surface area contributed by atoms with E-state index in [1.807, 2.05) is 20.8 Å². The molecule has 0 fully saturated rings. The molecular formula is C11H26O5. The Bertz CT molecular complexity index is 113. The number of carbonyl (C=O) groups excluding carboxylic acids is 1. The van der Waals surface area contributed by atoms with Gasteiger partial charge in [-0.1, -0.05) is 6.92 Å². The van der Waals surface area contributed by atoms with Gasteiger partial charge in [0.15, 0.2) is 0 Å². The average molecular weight is 238 g/mol. The van der Waals surface area contributed by atoms with Crippen LogP contribution in [0.5, 0.6) is 0 Å². The zero-order valence-electron chi connectivity index (χ0n) is 10.9. The van der Waals surface area contributed by atoms with Gasteiger partial charge in [0.2, 0.25) is 0 Å². The third-order valence-corrected chi connectivity index (χ3v) is 1.02. The van der Waals surface area contributed by atoms with Crippen LogP contribution in [0, 0.1) is 0 Å². The molecule has 0 aromatic rings. The van der Waals surface area contributed by atoms with Gasteiger partial charge in [0, 0.05) is 20.1 Å². The summed E-state index contributed by atoms with van der Waals surface area (Å²) in [6, 6.07) is 0. The topological polar surface area (TPSA) is 76.0 Å². The minimum atomic E-state index is -0.193. The van der Waals surface area contributed by atoms with E-state index in [4.69, 9.17) is 14.9 Å². The zero-order chi connectivity index (χ0) is 13.2. The highest BCUT2D eigenvalue weighted by Crippen LogP contribution is 1.78. The van der Waals surface area contributed by atoms with Gasteiger partial charge in [-0.15, -0.1) is 0 Å². The molecule has 16 heavy (non-hydrogen) atoms. The van der Waals surface area contributed by atoms with E-state index in [0.29, 0.717) is 6.61 Å². The smallest absolute Gasteiger partial charge is 0.302 e. The standard InChI is InChI=1S/C5H10O2.C4H10O.C2H6O2/c1-3-4-7-5(2)6;1-3-5-4-2;3-1-2-4/h3-4H2,1-2H3;3-4H2,1-2H3;3-4H,1-2H2. The van der Waals surface area contributed by atoms with Crippen molar-refractivity contribution in [2.75, 3.05) is 33.0 Å². The number of hydrogen-bond donors (Lipinski definition) is 2. The molecule has 5 nitrogen and oxygen atoms in total. The number of carbonyl (C=O) groups is 1. The highest BCUT2D eigenvalue weighted by molar-refractivity contribution is 5.65. The van der Waals surface area contributed by atoms with Crippen molar-refractivity contribution in [2.24, 2.45) is 0 Å². The van der Waals surface area contributed by atoms with Crippen LogP contribution in [0.15, 0.2) is 0 Å². The Hall–Kier alpha value is -0.650. The molecule has 0 rings (SSSR count). The lowest BCUT2D eigenvalue weighted by Crippen LogP contribution is -1.98. The quantitative estimate of drug-likeness (QED) is 0.698. The van der Waals surface area contributed by atoms with E-state index in [1.54, 1.807) is 0 Å². The lowest BCUT2D eigenvalue weighted by Gasteiger charge is -1.93. The summed E-state index contributed by atoms with van der Waals surface area (Å²) in [5.74, 6) is -0.193. The van der Waals surface area contributed by atoms with Crippen LogP contribution >= 0.6 is 0 Å². The summed E-state index contributed by atoms with van der Waals surface area (Å²) in [5, 5.41) is 15.2. The van der Waals surface area contributed by atoms with E-state index in [1.165, 1.54) is 6.92 Å². The van der Waals surface area contributed by atoms with Crippen LogP contribution < -0.4 is 0 Å². The minimum Gasteiger partial charge on any atom is -0.466 e. The highest BCUT2D eigenvalue weighted by Gasteiger charge is 1.85. The summed E-state index contributed by atoms with van der Waals surface area (Å²) in [6.45, 7) is 9.34. The van der Waals surface area contributed by atoms with Crippen molar-refractivity contribution in [2.45, 2.75) is 34.1 Å². The molecule has 0 atom stereocenters. The summed E-state index contributed by atoms with van der Waals surface area (Å²) >= 11 is 0. The number of aliphatic hydroxyl groups is 2. The summed E-state index contributed by atoms with van der Waals surface area (Å²) in [7, 11) is 0. The molecule has 100 valence electrons. The van der Waals surface area contributed by atoms with E-state index < -0.39 is 0 Å². The number of hydrogen-bond acceptors (Lipinski definition) is 5. The van der Waals surface area contributed by atoms with Gasteiger partial charge in [0.1, 0.15) is 0 Å². The summed E-state index contributed by atoms with van der Waals surface area (Å²) in [4.78, 5) is 9.98. The van der Waals surface area contributed by atoms with Gasteiger partial charge < -0.3 is 19.7 Å². The predicted molar refractivity (Wildman–Crippen MR) is 63.3 cm³/mol. The first kappa shape index (κ1) is 20.7. The Morgan fingerprint density at radius 2 is 1.50 bits per heavy atom. The van der Waals surface area contributed by atoms with Gasteiger partial charge in [-0.25, -0.2) is 0 Å². The molecule has 0 saturated heterocycles. The fourth-order valence-corrected chi connectivity index (χ4v) is 0.450. The summed E-state index contributed by atoms with van der Waals surface area (Å²) in [5.41, 5.74) is 0. The highest BCUT2D eigenvalue weighted by atomic mass is 16.5. The molecule has 0 bridgehead atoms. The Kier molecular flexibility index (Phi) is 30.9. The van der Waals surface area contributed by atoms with Crippen molar-refractivity contribution in [1.29, 1.82) is 0 Å². The monoisotopic (exact) mass is 238 g/mol. The first-order valence-corrected chi connectivity index (χ1v) is 5.53. The molecule has 0 saturated carbocycles. The van der Waals surface area contributed by atoms with Crippen LogP contribution in [-0.4, -0.2) is 49.2 Å². The number of ether oxygens (including phenoxy) is 2. The Morgan fingerprint density at radius 3 is 1.56 bits per heavy atom. The molecule has 0 aliphatic heterocycles. The van der Waals surface area contributed by atoms with Crippen molar-refractivity contribution >= 4 is 5.97 Å². The predicted octanol–water partition coefficient (Wildman–Crippen LogP) is 0.973. The van der Waals surface area contributed by atoms with Gasteiger partial charge >= 0.3 is 5.97 Å². The van der Waals surface area contributed by atoms with Crippen molar-refractivity contribution in [3.8, 4) is 0 Å². The first-order valence-electron chi connectivity index (χ1n) is 5.53. The maximum absolute atomic E-state index is 9.98. The van der Waals surface area contributed by atoms with E-state index in [-0.39, 0.29) is 19.2 Å². The minimum absolute atomic E-state index is 0.125. The average Bonchev–Trinajstić information content (AvgIpc) is 2.28. The van der Waals surface area contributed by atoms with Crippen molar-refractivity contribution in [3.05, 3.63) is 0 Å². The van der Waals surface area contributed by atoms with Gasteiger partial charge in [0.05, 0.1) is 19.8 Å². The normalized spacial score (nSPS) is 8.12. The van der Waals surface area contributed by atoms with Crippen LogP contribution in [0.3, 0.4) is 0 Å². The molecule has 0 heterocycles. The Balaban J connectivity index is -0.000000166. The first-order chi connectivity index (χ1) is 7.60. The van der Waals surface area contributed by atoms with Crippen LogP contribution in [-0.2, 0) is 14.3 Å². The van der Waals surface area contributed by atoms with Crippen molar-refractivity contribution < 1.29 is 24.5 Å². The van der Waals surface area contributed by atoms with Crippen LogP contribution in [0.25, 0.3) is 0 Å². The van der Waals surface area contributed by atoms with E-state index in [2.05, 4.69) is 4.74 Å². The lowest BCUT2D eigenvalue weighted by atomic mass is 10.5. The number of esters is 1. The second-order valence-corrected chi connectivity index (χ2v) is 2.57. The molecule has 2 N–H and O–H groups in total. The lowest BCUT2D eigenvalue weighted by molar-refractivity contribution is -0.140. The SMILES string of the molecule is CCCOC(C)=O.CCOCC.OCCO. The molecular weight excluding hydrogens is 212 g/mol. The molecule has 0 aromatic carbocycles. The van der Waals surface area contributed by atoms with Crippen LogP contribution in [0.2, 0.25) is 0 Å². The molecule has 0 radical (unpaired) electrons. The maximum atomic E-state index is 9.98. The molecule has 5 heteroatoms. The fraction of sp³-hybridized carbons (Fsp3) is 0.909. The van der Waals surface area contributed by atoms with E-state index in [0.717, 1.165) is 19.6 Å². The molecule has 0 aliphatic carbocycles. The van der Waals surface area contributed by atoms with E-state index in [9.17, 15) is 4.79 Å².